The van der Waals surface area contributed by atoms with Crippen LogP contribution in [0.2, 0.25) is 0 Å². The molecule has 0 bridgehead atoms. The van der Waals surface area contributed by atoms with Crippen molar-refractivity contribution in [3.8, 4) is 0 Å². The maximum absolute atomic E-state index is 5.04. The molecule has 1 heterocycles. The molecule has 0 saturated carbocycles. The summed E-state index contributed by atoms with van der Waals surface area (Å²) in [5.74, 6) is 0.619. The third-order valence-electron chi connectivity index (χ3n) is 2.68. The van der Waals surface area contributed by atoms with Gasteiger partial charge in [0.2, 0.25) is 0 Å². The van der Waals surface area contributed by atoms with Crippen LogP contribution in [0.5, 0.6) is 0 Å². The van der Waals surface area contributed by atoms with Crippen molar-refractivity contribution >= 4 is 0 Å². The lowest BCUT2D eigenvalue weighted by Gasteiger charge is -2.12. The normalized spacial score (nSPS) is 11.1. The third kappa shape index (κ3) is 3.52. The molecule has 1 aromatic heterocycles. The summed E-state index contributed by atoms with van der Waals surface area (Å²) in [7, 11) is 0. The first kappa shape index (κ1) is 11.3. The molecule has 14 heavy (non-hydrogen) atoms. The fourth-order valence-corrected chi connectivity index (χ4v) is 1.76. The van der Waals surface area contributed by atoms with Gasteiger partial charge in [0.25, 0.3) is 0 Å². The zero-order valence-electron chi connectivity index (χ0n) is 9.33. The Labute approximate surface area is 86.7 Å². The summed E-state index contributed by atoms with van der Waals surface area (Å²) >= 11 is 0. The van der Waals surface area contributed by atoms with Crippen molar-refractivity contribution in [2.75, 3.05) is 0 Å². The molecule has 0 spiro atoms. The van der Waals surface area contributed by atoms with Crippen molar-refractivity contribution < 1.29 is 4.42 Å². The van der Waals surface area contributed by atoms with Gasteiger partial charge in [0.15, 0.2) is 6.39 Å². The molecule has 0 aliphatic carbocycles. The van der Waals surface area contributed by atoms with Crippen LogP contribution in [0.15, 0.2) is 17.1 Å². The molecule has 2 nitrogen and oxygen atoms in total. The predicted molar refractivity (Wildman–Crippen MR) is 58.3 cm³/mol. The number of hydrogen-bond donors (Lipinski definition) is 0. The van der Waals surface area contributed by atoms with E-state index in [4.69, 9.17) is 4.42 Å². The summed E-state index contributed by atoms with van der Waals surface area (Å²) in [5, 5.41) is 0. The highest BCUT2D eigenvalue weighted by molar-refractivity contribution is 5.00. The van der Waals surface area contributed by atoms with E-state index < -0.39 is 0 Å². The second kappa shape index (κ2) is 6.63. The number of rotatable bonds is 7. The highest BCUT2D eigenvalue weighted by Crippen LogP contribution is 2.26. The molecule has 0 N–H and O–H groups in total. The monoisotopic (exact) mass is 195 g/mol. The Morgan fingerprint density at radius 2 is 1.86 bits per heavy atom. The fraction of sp³-hybridized carbons (Fsp3) is 0.750. The number of hydrogen-bond acceptors (Lipinski definition) is 2. The highest BCUT2D eigenvalue weighted by atomic mass is 16.3. The minimum Gasteiger partial charge on any atom is -0.451 e. The summed E-state index contributed by atoms with van der Waals surface area (Å²) in [4.78, 5) is 4.26. The van der Waals surface area contributed by atoms with E-state index in [1.165, 1.54) is 38.5 Å². The lowest BCUT2D eigenvalue weighted by Crippen LogP contribution is -1.99. The summed E-state index contributed by atoms with van der Waals surface area (Å²) < 4.78 is 5.04. The van der Waals surface area contributed by atoms with E-state index in [2.05, 4.69) is 18.8 Å². The number of unbranched alkanes of at least 4 members (excludes halogenated alkanes) is 2. The van der Waals surface area contributed by atoms with Crippen molar-refractivity contribution in [3.63, 3.8) is 0 Å². The maximum atomic E-state index is 5.04. The first-order valence-corrected chi connectivity index (χ1v) is 5.76. The van der Waals surface area contributed by atoms with Gasteiger partial charge in [0.05, 0.1) is 5.69 Å². The molecule has 0 aliphatic heterocycles. The Balaban J connectivity index is 2.44. The molecule has 1 aromatic rings. The molecule has 0 fully saturated rings. The summed E-state index contributed by atoms with van der Waals surface area (Å²) in [6, 6.07) is 0. The molecule has 0 unspecified atom stereocenters. The molecule has 0 amide bonds. The van der Waals surface area contributed by atoms with Gasteiger partial charge in [-0.05, 0) is 12.8 Å². The molecule has 0 atom stereocenters. The highest BCUT2D eigenvalue weighted by Gasteiger charge is 2.12. The van der Waals surface area contributed by atoms with E-state index in [1.807, 2.05) is 0 Å². The second-order valence-electron chi connectivity index (χ2n) is 3.89. The number of aromatic nitrogens is 1. The van der Waals surface area contributed by atoms with Gasteiger partial charge in [0.1, 0.15) is 6.26 Å². The first-order valence-electron chi connectivity index (χ1n) is 5.76. The molecule has 1 rings (SSSR count). The molecular formula is C12H21NO. The maximum Gasteiger partial charge on any atom is 0.180 e. The molecule has 2 heteroatoms. The van der Waals surface area contributed by atoms with Gasteiger partial charge in [-0.2, -0.15) is 0 Å². The largest absolute Gasteiger partial charge is 0.451 e. The average molecular weight is 195 g/mol. The van der Waals surface area contributed by atoms with Crippen LogP contribution in [0.4, 0.5) is 0 Å². The molecule has 0 aromatic carbocycles. The van der Waals surface area contributed by atoms with Crippen LogP contribution in [0.25, 0.3) is 0 Å². The zero-order chi connectivity index (χ0) is 10.2. The van der Waals surface area contributed by atoms with Crippen LogP contribution in [-0.4, -0.2) is 4.98 Å². The van der Waals surface area contributed by atoms with Gasteiger partial charge in [-0.15, -0.1) is 0 Å². The average Bonchev–Trinajstić information content (AvgIpc) is 2.71. The van der Waals surface area contributed by atoms with Gasteiger partial charge in [-0.1, -0.05) is 39.5 Å². The summed E-state index contributed by atoms with van der Waals surface area (Å²) in [6.45, 7) is 4.47. The smallest absolute Gasteiger partial charge is 0.180 e. The van der Waals surface area contributed by atoms with Gasteiger partial charge >= 0.3 is 0 Å². The Morgan fingerprint density at radius 3 is 2.29 bits per heavy atom. The Hall–Kier alpha value is -0.790. The van der Waals surface area contributed by atoms with Gasteiger partial charge in [0, 0.05) is 5.92 Å². The minimum atomic E-state index is 0.619. The van der Waals surface area contributed by atoms with Gasteiger partial charge in [-0.3, -0.25) is 0 Å². The molecule has 0 aliphatic rings. The van der Waals surface area contributed by atoms with Crippen molar-refractivity contribution in [3.05, 3.63) is 18.4 Å². The van der Waals surface area contributed by atoms with E-state index in [0.717, 1.165) is 5.69 Å². The SMILES string of the molecule is CCCCC(CCCC)c1cocn1. The molecule has 0 saturated heterocycles. The first-order chi connectivity index (χ1) is 6.88. The predicted octanol–water partition coefficient (Wildman–Crippen LogP) is 4.14. The third-order valence-corrected chi connectivity index (χ3v) is 2.68. The van der Waals surface area contributed by atoms with Crippen molar-refractivity contribution in [2.24, 2.45) is 0 Å². The quantitative estimate of drug-likeness (QED) is 0.653. The Morgan fingerprint density at radius 1 is 1.21 bits per heavy atom. The van der Waals surface area contributed by atoms with E-state index >= 15 is 0 Å². The Kier molecular flexibility index (Phi) is 5.35. The van der Waals surface area contributed by atoms with Crippen LogP contribution in [-0.2, 0) is 0 Å². The van der Waals surface area contributed by atoms with Crippen LogP contribution >= 0.6 is 0 Å². The van der Waals surface area contributed by atoms with E-state index in [0.29, 0.717) is 5.92 Å². The van der Waals surface area contributed by atoms with Gasteiger partial charge in [-0.25, -0.2) is 4.98 Å². The van der Waals surface area contributed by atoms with E-state index in [-0.39, 0.29) is 0 Å². The van der Waals surface area contributed by atoms with Crippen LogP contribution in [0.1, 0.15) is 64.0 Å². The van der Waals surface area contributed by atoms with Crippen LogP contribution < -0.4 is 0 Å². The standard InChI is InChI=1S/C12H21NO/c1-3-5-7-11(8-6-4-2)12-9-14-10-13-12/h9-11H,3-8H2,1-2H3. The molecule has 80 valence electrons. The lowest BCUT2D eigenvalue weighted by atomic mass is 9.93. The van der Waals surface area contributed by atoms with E-state index in [1.54, 1.807) is 12.7 Å². The van der Waals surface area contributed by atoms with Crippen molar-refractivity contribution in [1.82, 2.24) is 4.98 Å². The van der Waals surface area contributed by atoms with Gasteiger partial charge < -0.3 is 4.42 Å². The molecular weight excluding hydrogens is 174 g/mol. The van der Waals surface area contributed by atoms with E-state index in [9.17, 15) is 0 Å². The number of nitrogens with zero attached hydrogens (tertiary/aromatic N) is 1. The second-order valence-corrected chi connectivity index (χ2v) is 3.89. The Bertz CT molecular complexity index is 210. The van der Waals surface area contributed by atoms with Crippen LogP contribution in [0, 0.1) is 0 Å². The van der Waals surface area contributed by atoms with Crippen LogP contribution in [0.3, 0.4) is 0 Å². The minimum absolute atomic E-state index is 0.619. The molecule has 0 radical (unpaired) electrons. The lowest BCUT2D eigenvalue weighted by molar-refractivity contribution is 0.508. The van der Waals surface area contributed by atoms with Crippen molar-refractivity contribution in [1.29, 1.82) is 0 Å². The zero-order valence-corrected chi connectivity index (χ0v) is 9.33. The number of oxazole rings is 1. The summed E-state index contributed by atoms with van der Waals surface area (Å²) in [6.07, 6.45) is 11.0. The van der Waals surface area contributed by atoms with Crippen molar-refractivity contribution in [2.45, 2.75) is 58.3 Å². The topological polar surface area (TPSA) is 26.0 Å². The summed E-state index contributed by atoms with van der Waals surface area (Å²) in [5.41, 5.74) is 1.15. The fourth-order valence-electron chi connectivity index (χ4n) is 1.76.